The van der Waals surface area contributed by atoms with E-state index in [0.29, 0.717) is 23.7 Å². The maximum absolute atomic E-state index is 12.4. The predicted molar refractivity (Wildman–Crippen MR) is 96.1 cm³/mol. The van der Waals surface area contributed by atoms with Crippen molar-refractivity contribution in [2.45, 2.75) is 11.8 Å². The van der Waals surface area contributed by atoms with Crippen molar-refractivity contribution in [1.29, 1.82) is 0 Å². The predicted octanol–water partition coefficient (Wildman–Crippen LogP) is 0.957. The number of rotatable bonds is 7. The molecule has 0 bridgehead atoms. The van der Waals surface area contributed by atoms with E-state index in [4.69, 9.17) is 9.47 Å². The molecule has 1 saturated heterocycles. The van der Waals surface area contributed by atoms with Crippen molar-refractivity contribution in [1.82, 2.24) is 10.2 Å². The summed E-state index contributed by atoms with van der Waals surface area (Å²) in [7, 11) is 4.34. The molecule has 1 aliphatic heterocycles. The fourth-order valence-electron chi connectivity index (χ4n) is 2.53. The third-order valence-corrected chi connectivity index (χ3v) is 5.14. The maximum Gasteiger partial charge on any atom is 0.325 e. The van der Waals surface area contributed by atoms with Crippen molar-refractivity contribution in [3.8, 4) is 11.5 Å². The first-order chi connectivity index (χ1) is 12.5. The van der Waals surface area contributed by atoms with E-state index < -0.39 is 11.9 Å². The van der Waals surface area contributed by atoms with Gasteiger partial charge in [-0.05, 0) is 12.1 Å². The molecule has 142 valence electrons. The number of benzene rings is 1. The largest absolute Gasteiger partial charge is 0.497 e. The van der Waals surface area contributed by atoms with Gasteiger partial charge in [0.2, 0.25) is 11.8 Å². The minimum Gasteiger partial charge on any atom is -0.497 e. The molecule has 1 fully saturated rings. The second-order valence-corrected chi connectivity index (χ2v) is 6.64. The van der Waals surface area contributed by atoms with E-state index in [1.165, 1.54) is 12.0 Å². The Balaban J connectivity index is 2.19. The van der Waals surface area contributed by atoms with Crippen LogP contribution < -0.4 is 14.8 Å². The normalized spacial score (nSPS) is 16.8. The van der Waals surface area contributed by atoms with Gasteiger partial charge in [0, 0.05) is 23.8 Å². The second-order valence-electron chi connectivity index (χ2n) is 5.46. The first kappa shape index (κ1) is 19.9. The van der Waals surface area contributed by atoms with Gasteiger partial charge in [0.25, 0.3) is 0 Å². The molecular formula is C17H22N2O6S. The molecule has 0 spiro atoms. The Morgan fingerprint density at radius 2 is 2.04 bits per heavy atom. The first-order valence-corrected chi connectivity index (χ1v) is 9.01. The van der Waals surface area contributed by atoms with Gasteiger partial charge in [-0.1, -0.05) is 0 Å². The van der Waals surface area contributed by atoms with Crippen LogP contribution in [0.25, 0.3) is 0 Å². The van der Waals surface area contributed by atoms with Crippen molar-refractivity contribution >= 4 is 29.5 Å². The molecule has 2 amide bonds. The average molecular weight is 382 g/mol. The molecule has 1 unspecified atom stereocenters. The zero-order chi connectivity index (χ0) is 19.1. The van der Waals surface area contributed by atoms with E-state index in [0.717, 1.165) is 5.56 Å². The van der Waals surface area contributed by atoms with Gasteiger partial charge in [-0.2, -0.15) is 0 Å². The molecule has 1 aliphatic rings. The fourth-order valence-corrected chi connectivity index (χ4v) is 3.79. The van der Waals surface area contributed by atoms with E-state index in [9.17, 15) is 14.4 Å². The smallest absolute Gasteiger partial charge is 0.325 e. The van der Waals surface area contributed by atoms with Crippen molar-refractivity contribution in [2.24, 2.45) is 0 Å². The molecule has 1 N–H and O–H groups in total. The van der Waals surface area contributed by atoms with E-state index >= 15 is 0 Å². The summed E-state index contributed by atoms with van der Waals surface area (Å²) in [6, 6.07) is 5.35. The summed E-state index contributed by atoms with van der Waals surface area (Å²) >= 11 is 1.55. The van der Waals surface area contributed by atoms with Crippen LogP contribution in [0, 0.1) is 0 Å². The number of ether oxygens (including phenoxy) is 3. The summed E-state index contributed by atoms with van der Waals surface area (Å²) in [5.41, 5.74) is 0.784. The van der Waals surface area contributed by atoms with Gasteiger partial charge in [0.15, 0.2) is 0 Å². The van der Waals surface area contributed by atoms with Gasteiger partial charge in [-0.15, -0.1) is 11.8 Å². The highest BCUT2D eigenvalue weighted by atomic mass is 32.2. The number of hydrogen-bond acceptors (Lipinski definition) is 7. The monoisotopic (exact) mass is 382 g/mol. The molecule has 0 aromatic heterocycles. The Kier molecular flexibility index (Phi) is 7.14. The summed E-state index contributed by atoms with van der Waals surface area (Å²) in [6.07, 6.45) is 0.351. The topological polar surface area (TPSA) is 94.2 Å². The third kappa shape index (κ3) is 4.81. The van der Waals surface area contributed by atoms with Crippen LogP contribution in [0.4, 0.5) is 0 Å². The minimum atomic E-state index is -0.550. The summed E-state index contributed by atoms with van der Waals surface area (Å²) < 4.78 is 15.1. The van der Waals surface area contributed by atoms with Gasteiger partial charge in [-0.3, -0.25) is 14.4 Å². The van der Waals surface area contributed by atoms with Crippen LogP contribution >= 0.6 is 11.8 Å². The molecule has 0 aliphatic carbocycles. The summed E-state index contributed by atoms with van der Waals surface area (Å²) in [6.45, 7) is -0.385. The molecule has 1 atom stereocenters. The van der Waals surface area contributed by atoms with Gasteiger partial charge in [0.1, 0.15) is 30.0 Å². The van der Waals surface area contributed by atoms with Crippen LogP contribution in [0.3, 0.4) is 0 Å². The second kappa shape index (κ2) is 9.33. The van der Waals surface area contributed by atoms with E-state index in [1.807, 2.05) is 6.07 Å². The fraction of sp³-hybridized carbons (Fsp3) is 0.471. The summed E-state index contributed by atoms with van der Waals surface area (Å²) in [4.78, 5) is 37.2. The van der Waals surface area contributed by atoms with Crippen LogP contribution in [0.1, 0.15) is 17.4 Å². The zero-order valence-electron chi connectivity index (χ0n) is 14.9. The molecule has 0 radical (unpaired) electrons. The van der Waals surface area contributed by atoms with Gasteiger partial charge in [0.05, 0.1) is 21.3 Å². The summed E-state index contributed by atoms with van der Waals surface area (Å²) in [5, 5.41) is 2.09. The number of amides is 2. The molecule has 1 aromatic carbocycles. The number of methoxy groups -OCH3 is 3. The maximum atomic E-state index is 12.4. The number of esters is 1. The van der Waals surface area contributed by atoms with E-state index in [-0.39, 0.29) is 24.4 Å². The number of nitrogens with zero attached hydrogens (tertiary/aromatic N) is 1. The number of carbonyl (C=O) groups excluding carboxylic acids is 3. The number of thioether (sulfide) groups is 1. The molecule has 1 aromatic rings. The van der Waals surface area contributed by atoms with Crippen LogP contribution in [-0.4, -0.2) is 62.9 Å². The van der Waals surface area contributed by atoms with Crippen molar-refractivity contribution in [2.75, 3.05) is 40.2 Å². The Labute approximate surface area is 156 Å². The molecule has 1 heterocycles. The van der Waals surface area contributed by atoms with Crippen LogP contribution in [0.15, 0.2) is 18.2 Å². The highest BCUT2D eigenvalue weighted by Gasteiger charge is 2.33. The molecular weight excluding hydrogens is 360 g/mol. The van der Waals surface area contributed by atoms with Gasteiger partial charge < -0.3 is 24.4 Å². The quantitative estimate of drug-likeness (QED) is 0.702. The summed E-state index contributed by atoms with van der Waals surface area (Å²) in [5.74, 6) is 0.769. The third-order valence-electron chi connectivity index (χ3n) is 3.87. The van der Waals surface area contributed by atoms with Crippen molar-refractivity contribution in [3.05, 3.63) is 23.8 Å². The lowest BCUT2D eigenvalue weighted by atomic mass is 10.1. The molecule has 26 heavy (non-hydrogen) atoms. The Hall–Kier alpha value is -2.42. The van der Waals surface area contributed by atoms with E-state index in [1.54, 1.807) is 38.1 Å². The van der Waals surface area contributed by atoms with Crippen LogP contribution in [-0.2, 0) is 19.1 Å². The lowest BCUT2D eigenvalue weighted by molar-refractivity contribution is -0.141. The van der Waals surface area contributed by atoms with Crippen LogP contribution in [0.5, 0.6) is 11.5 Å². The van der Waals surface area contributed by atoms with Crippen LogP contribution in [0.2, 0.25) is 0 Å². The lowest BCUT2D eigenvalue weighted by Crippen LogP contribution is -2.45. The molecule has 0 saturated carbocycles. The average Bonchev–Trinajstić information content (AvgIpc) is 2.67. The minimum absolute atomic E-state index is 0.125. The Morgan fingerprint density at radius 1 is 1.27 bits per heavy atom. The molecule has 9 heteroatoms. The zero-order valence-corrected chi connectivity index (χ0v) is 15.8. The first-order valence-electron chi connectivity index (χ1n) is 7.96. The number of nitrogens with one attached hydrogen (secondary N) is 1. The number of hydrogen-bond donors (Lipinski definition) is 1. The highest BCUT2D eigenvalue weighted by molar-refractivity contribution is 7.99. The van der Waals surface area contributed by atoms with Crippen molar-refractivity contribution in [3.63, 3.8) is 0 Å². The van der Waals surface area contributed by atoms with Crippen molar-refractivity contribution < 1.29 is 28.6 Å². The molecule has 8 nitrogen and oxygen atoms in total. The van der Waals surface area contributed by atoms with E-state index in [2.05, 4.69) is 10.1 Å². The van der Waals surface area contributed by atoms with Gasteiger partial charge >= 0.3 is 5.97 Å². The Morgan fingerprint density at radius 3 is 2.69 bits per heavy atom. The Bertz CT molecular complexity index is 681. The SMILES string of the molecule is COC(=O)CNC(=O)CN1C(=O)CCSC1c1ccc(OC)cc1OC. The number of carbonyl (C=O) groups is 3. The van der Waals surface area contributed by atoms with Gasteiger partial charge in [-0.25, -0.2) is 0 Å². The lowest BCUT2D eigenvalue weighted by Gasteiger charge is -2.35. The molecule has 2 rings (SSSR count). The standard InChI is InChI=1S/C17H22N2O6S/c1-23-11-4-5-12(13(8-11)24-2)17-19(15(21)6-7-26-17)10-14(20)18-9-16(22)25-3/h4-5,8,17H,6-7,9-10H2,1-3H3,(H,18,20). The highest BCUT2D eigenvalue weighted by Crippen LogP contribution is 2.42.